The van der Waals surface area contributed by atoms with Gasteiger partial charge >= 0.3 is 0 Å². The number of ether oxygens (including phenoxy) is 2. The zero-order valence-corrected chi connectivity index (χ0v) is 22.0. The van der Waals surface area contributed by atoms with Crippen molar-refractivity contribution in [3.8, 4) is 17.3 Å². The van der Waals surface area contributed by atoms with E-state index in [1.807, 2.05) is 77.5 Å². The molecule has 1 heterocycles. The molecule has 0 saturated heterocycles. The molecule has 1 aromatic heterocycles. The van der Waals surface area contributed by atoms with Gasteiger partial charge in [0.15, 0.2) is 0 Å². The van der Waals surface area contributed by atoms with E-state index in [1.54, 1.807) is 7.11 Å². The van der Waals surface area contributed by atoms with E-state index >= 15 is 0 Å². The van der Waals surface area contributed by atoms with Gasteiger partial charge < -0.3 is 14.6 Å². The number of para-hydroxylation sites is 1. The summed E-state index contributed by atoms with van der Waals surface area (Å²) in [6, 6.07) is 28.2. The fourth-order valence-electron chi connectivity index (χ4n) is 4.42. The van der Waals surface area contributed by atoms with Gasteiger partial charge in [-0.3, -0.25) is 4.90 Å². The standard InChI is InChI=1S/C31H37N3O3/c1-4-30-29(23-33(19-20-36-3)22-27(35)21-25-11-7-5-8-12-25)31(37-28-17-15-24(2)16-18-28)34(32-30)26-13-9-6-10-14-26/h5-18,27,35H,4,19-23H2,1-3H3/t27-/m0/s1. The summed E-state index contributed by atoms with van der Waals surface area (Å²) in [4.78, 5) is 2.23. The third-order valence-corrected chi connectivity index (χ3v) is 6.37. The second-order valence-electron chi connectivity index (χ2n) is 9.32. The van der Waals surface area contributed by atoms with Gasteiger partial charge in [0, 0.05) is 26.7 Å². The van der Waals surface area contributed by atoms with Crippen LogP contribution in [0.4, 0.5) is 0 Å². The maximum atomic E-state index is 11.0. The normalized spacial score (nSPS) is 12.1. The smallest absolute Gasteiger partial charge is 0.227 e. The maximum absolute atomic E-state index is 11.0. The fourth-order valence-corrected chi connectivity index (χ4v) is 4.42. The van der Waals surface area contributed by atoms with Gasteiger partial charge in [-0.05, 0) is 49.6 Å². The summed E-state index contributed by atoms with van der Waals surface area (Å²) < 4.78 is 13.8. The molecule has 6 nitrogen and oxygen atoms in total. The Labute approximate surface area is 220 Å². The quantitative estimate of drug-likeness (QED) is 0.260. The monoisotopic (exact) mass is 499 g/mol. The molecule has 37 heavy (non-hydrogen) atoms. The predicted octanol–water partition coefficient (Wildman–Crippen LogP) is 5.59. The van der Waals surface area contributed by atoms with Crippen LogP contribution in [0.15, 0.2) is 84.9 Å². The summed E-state index contributed by atoms with van der Waals surface area (Å²) in [5, 5.41) is 15.9. The number of methoxy groups -OCH3 is 1. The van der Waals surface area contributed by atoms with Crippen molar-refractivity contribution in [3.05, 3.63) is 107 Å². The molecule has 194 valence electrons. The second-order valence-corrected chi connectivity index (χ2v) is 9.32. The molecule has 0 saturated carbocycles. The summed E-state index contributed by atoms with van der Waals surface area (Å²) in [6.45, 7) is 6.54. The largest absolute Gasteiger partial charge is 0.439 e. The summed E-state index contributed by atoms with van der Waals surface area (Å²) in [6.07, 6.45) is 0.861. The highest BCUT2D eigenvalue weighted by molar-refractivity contribution is 5.44. The maximum Gasteiger partial charge on any atom is 0.227 e. The highest BCUT2D eigenvalue weighted by Gasteiger charge is 2.23. The Hall–Kier alpha value is -3.45. The minimum absolute atomic E-state index is 0.505. The zero-order chi connectivity index (χ0) is 26.0. The number of hydrogen-bond acceptors (Lipinski definition) is 5. The molecule has 1 atom stereocenters. The zero-order valence-electron chi connectivity index (χ0n) is 22.0. The van der Waals surface area contributed by atoms with E-state index < -0.39 is 6.10 Å². The lowest BCUT2D eigenvalue weighted by Gasteiger charge is -2.25. The summed E-state index contributed by atoms with van der Waals surface area (Å²) in [5.74, 6) is 1.46. The minimum atomic E-state index is -0.505. The molecule has 0 unspecified atom stereocenters. The summed E-state index contributed by atoms with van der Waals surface area (Å²) >= 11 is 0. The average molecular weight is 500 g/mol. The fraction of sp³-hybridized carbons (Fsp3) is 0.323. The molecule has 4 aromatic rings. The van der Waals surface area contributed by atoms with Crippen molar-refractivity contribution >= 4 is 0 Å². The van der Waals surface area contributed by atoms with E-state index in [0.29, 0.717) is 38.5 Å². The minimum Gasteiger partial charge on any atom is -0.439 e. The van der Waals surface area contributed by atoms with Crippen molar-refractivity contribution in [2.45, 2.75) is 39.3 Å². The number of benzene rings is 3. The van der Waals surface area contributed by atoms with Gasteiger partial charge in [0.25, 0.3) is 0 Å². The summed E-state index contributed by atoms with van der Waals surface area (Å²) in [7, 11) is 1.70. The highest BCUT2D eigenvalue weighted by atomic mass is 16.5. The molecule has 3 aromatic carbocycles. The van der Waals surface area contributed by atoms with Crippen LogP contribution in [0.2, 0.25) is 0 Å². The topological polar surface area (TPSA) is 59.8 Å². The van der Waals surface area contributed by atoms with E-state index in [0.717, 1.165) is 34.7 Å². The first-order chi connectivity index (χ1) is 18.1. The van der Waals surface area contributed by atoms with Crippen LogP contribution in [-0.4, -0.2) is 52.7 Å². The van der Waals surface area contributed by atoms with Crippen LogP contribution in [-0.2, 0) is 24.1 Å². The van der Waals surface area contributed by atoms with Gasteiger partial charge in [0.2, 0.25) is 5.88 Å². The molecule has 0 spiro atoms. The molecule has 0 bridgehead atoms. The first kappa shape index (κ1) is 26.6. The van der Waals surface area contributed by atoms with Crippen LogP contribution < -0.4 is 4.74 Å². The number of rotatable bonds is 13. The van der Waals surface area contributed by atoms with Gasteiger partial charge in [0.05, 0.1) is 29.7 Å². The molecular weight excluding hydrogens is 462 g/mol. The first-order valence-corrected chi connectivity index (χ1v) is 12.9. The van der Waals surface area contributed by atoms with Crippen molar-refractivity contribution in [2.24, 2.45) is 0 Å². The molecule has 0 amide bonds. The van der Waals surface area contributed by atoms with Gasteiger partial charge in [0.1, 0.15) is 5.75 Å². The van der Waals surface area contributed by atoms with Crippen LogP contribution in [0.3, 0.4) is 0 Å². The predicted molar refractivity (Wildman–Crippen MR) is 148 cm³/mol. The van der Waals surface area contributed by atoms with E-state index in [4.69, 9.17) is 14.6 Å². The van der Waals surface area contributed by atoms with Gasteiger partial charge in [-0.2, -0.15) is 5.10 Å². The number of nitrogens with zero attached hydrogens (tertiary/aromatic N) is 3. The van der Waals surface area contributed by atoms with Crippen molar-refractivity contribution < 1.29 is 14.6 Å². The number of aryl methyl sites for hydroxylation is 2. The molecule has 0 aliphatic rings. The average Bonchev–Trinajstić information content (AvgIpc) is 3.26. The Morgan fingerprint density at radius 2 is 1.62 bits per heavy atom. The van der Waals surface area contributed by atoms with E-state index in [2.05, 4.69) is 30.9 Å². The highest BCUT2D eigenvalue weighted by Crippen LogP contribution is 2.32. The lowest BCUT2D eigenvalue weighted by molar-refractivity contribution is 0.0846. The molecule has 6 heteroatoms. The number of aromatic nitrogens is 2. The van der Waals surface area contributed by atoms with Crippen molar-refractivity contribution in [1.29, 1.82) is 0 Å². The van der Waals surface area contributed by atoms with Crippen molar-refractivity contribution in [3.63, 3.8) is 0 Å². The molecule has 1 N–H and O–H groups in total. The van der Waals surface area contributed by atoms with E-state index in [1.165, 1.54) is 5.56 Å². The number of hydrogen-bond donors (Lipinski definition) is 1. The Morgan fingerprint density at radius 1 is 0.946 bits per heavy atom. The summed E-state index contributed by atoms with van der Waals surface area (Å²) in [5.41, 5.74) is 5.24. The van der Waals surface area contributed by atoms with Crippen LogP contribution in [0.25, 0.3) is 5.69 Å². The van der Waals surface area contributed by atoms with Crippen molar-refractivity contribution in [1.82, 2.24) is 14.7 Å². The lowest BCUT2D eigenvalue weighted by Crippen LogP contribution is -2.35. The van der Waals surface area contributed by atoms with Crippen LogP contribution >= 0.6 is 0 Å². The molecular formula is C31H37N3O3. The molecule has 0 aliphatic heterocycles. The van der Waals surface area contributed by atoms with E-state index in [9.17, 15) is 5.11 Å². The number of aliphatic hydroxyl groups is 1. The lowest BCUT2D eigenvalue weighted by atomic mass is 10.1. The second kappa shape index (κ2) is 13.2. The van der Waals surface area contributed by atoms with Crippen LogP contribution in [0.1, 0.15) is 29.3 Å². The molecule has 0 aliphatic carbocycles. The number of aliphatic hydroxyl groups excluding tert-OH is 1. The van der Waals surface area contributed by atoms with Crippen molar-refractivity contribution in [2.75, 3.05) is 26.8 Å². The third-order valence-electron chi connectivity index (χ3n) is 6.37. The Balaban J connectivity index is 1.66. The molecule has 0 fully saturated rings. The van der Waals surface area contributed by atoms with E-state index in [-0.39, 0.29) is 0 Å². The Morgan fingerprint density at radius 3 is 2.27 bits per heavy atom. The van der Waals surface area contributed by atoms with Gasteiger partial charge in [-0.15, -0.1) is 0 Å². The molecule has 4 rings (SSSR count). The Kier molecular flexibility index (Phi) is 9.49. The Bertz CT molecular complexity index is 1220. The first-order valence-electron chi connectivity index (χ1n) is 12.9. The molecule has 0 radical (unpaired) electrons. The SMILES string of the molecule is CCc1nn(-c2ccccc2)c(Oc2ccc(C)cc2)c1CN(CCOC)C[C@@H](O)Cc1ccccc1. The van der Waals surface area contributed by atoms with Crippen LogP contribution in [0, 0.1) is 6.92 Å². The van der Waals surface area contributed by atoms with Crippen LogP contribution in [0.5, 0.6) is 11.6 Å². The third kappa shape index (κ3) is 7.29. The van der Waals surface area contributed by atoms with Gasteiger partial charge in [-0.1, -0.05) is 73.2 Å². The van der Waals surface area contributed by atoms with Gasteiger partial charge in [-0.25, -0.2) is 4.68 Å².